The summed E-state index contributed by atoms with van der Waals surface area (Å²) in [5.74, 6) is 0.0438. The Morgan fingerprint density at radius 1 is 1.12 bits per heavy atom. The molecule has 98 valence electrons. The minimum Gasteiger partial charge on any atom is -0.481 e. The molecule has 0 aromatic carbocycles. The summed E-state index contributed by atoms with van der Waals surface area (Å²) in [6.45, 7) is 2.33. The van der Waals surface area contributed by atoms with E-state index in [0.29, 0.717) is 12.1 Å². The van der Waals surface area contributed by atoms with Gasteiger partial charge < -0.3 is 10.4 Å². The Morgan fingerprint density at radius 3 is 2.59 bits per heavy atom. The largest absolute Gasteiger partial charge is 0.481 e. The molecule has 0 bridgehead atoms. The normalized spacial score (nSPS) is 38.9. The number of carboxylic acids is 1. The lowest BCUT2D eigenvalue weighted by Crippen LogP contribution is -2.46. The second kappa shape index (κ2) is 5.85. The first-order valence-corrected chi connectivity index (χ1v) is 7.15. The molecular formula is C14H25NO2. The van der Waals surface area contributed by atoms with Gasteiger partial charge in [0, 0.05) is 12.1 Å². The van der Waals surface area contributed by atoms with Gasteiger partial charge >= 0.3 is 5.97 Å². The number of aliphatic carboxylic acids is 1. The standard InChI is InChI=1S/C14H25NO2/c1-10-5-2-3-8-13(10)15-12-7-4-6-11(9-12)14(16)17/h10-13,15H,2-9H2,1H3,(H,16,17). The van der Waals surface area contributed by atoms with Crippen molar-refractivity contribution in [1.29, 1.82) is 0 Å². The van der Waals surface area contributed by atoms with E-state index in [-0.39, 0.29) is 5.92 Å². The van der Waals surface area contributed by atoms with Crippen LogP contribution in [0, 0.1) is 11.8 Å². The summed E-state index contributed by atoms with van der Waals surface area (Å²) in [6, 6.07) is 1.07. The van der Waals surface area contributed by atoms with Crippen molar-refractivity contribution in [3.8, 4) is 0 Å². The molecule has 2 fully saturated rings. The minimum atomic E-state index is -0.604. The SMILES string of the molecule is CC1CCCCC1NC1CCCC(C(=O)O)C1. The maximum absolute atomic E-state index is 11.0. The number of hydrogen-bond donors (Lipinski definition) is 2. The molecule has 0 aromatic heterocycles. The van der Waals surface area contributed by atoms with E-state index in [9.17, 15) is 4.79 Å². The number of rotatable bonds is 3. The van der Waals surface area contributed by atoms with Gasteiger partial charge in [-0.2, -0.15) is 0 Å². The molecule has 0 saturated heterocycles. The Balaban J connectivity index is 1.83. The molecule has 3 heteroatoms. The molecule has 0 aromatic rings. The zero-order chi connectivity index (χ0) is 12.3. The van der Waals surface area contributed by atoms with Gasteiger partial charge in [0.25, 0.3) is 0 Å². The molecule has 0 heterocycles. The van der Waals surface area contributed by atoms with Crippen LogP contribution in [0.1, 0.15) is 58.3 Å². The van der Waals surface area contributed by atoms with Crippen molar-refractivity contribution >= 4 is 5.97 Å². The molecule has 2 saturated carbocycles. The van der Waals surface area contributed by atoms with E-state index < -0.39 is 5.97 Å². The third-order valence-corrected chi connectivity index (χ3v) is 4.58. The molecule has 2 aliphatic rings. The van der Waals surface area contributed by atoms with Crippen molar-refractivity contribution in [1.82, 2.24) is 5.32 Å². The lowest BCUT2D eigenvalue weighted by Gasteiger charge is -2.36. The molecule has 4 atom stereocenters. The van der Waals surface area contributed by atoms with E-state index in [1.807, 2.05) is 0 Å². The third kappa shape index (κ3) is 3.44. The molecule has 0 radical (unpaired) electrons. The van der Waals surface area contributed by atoms with Gasteiger partial charge in [0.2, 0.25) is 0 Å². The van der Waals surface area contributed by atoms with E-state index in [1.165, 1.54) is 25.7 Å². The monoisotopic (exact) mass is 239 g/mol. The van der Waals surface area contributed by atoms with Gasteiger partial charge in [0.15, 0.2) is 0 Å². The molecule has 4 unspecified atom stereocenters. The maximum atomic E-state index is 11.0. The molecule has 0 amide bonds. The molecular weight excluding hydrogens is 214 g/mol. The number of hydrogen-bond acceptors (Lipinski definition) is 2. The summed E-state index contributed by atoms with van der Waals surface area (Å²) >= 11 is 0. The molecule has 0 spiro atoms. The van der Waals surface area contributed by atoms with Crippen molar-refractivity contribution in [2.45, 2.75) is 70.4 Å². The van der Waals surface area contributed by atoms with Crippen LogP contribution in [0.2, 0.25) is 0 Å². The van der Waals surface area contributed by atoms with Gasteiger partial charge in [-0.05, 0) is 38.0 Å². The zero-order valence-corrected chi connectivity index (χ0v) is 10.8. The fourth-order valence-corrected chi connectivity index (χ4v) is 3.43. The van der Waals surface area contributed by atoms with Crippen LogP contribution >= 0.6 is 0 Å². The molecule has 2 N–H and O–H groups in total. The highest BCUT2D eigenvalue weighted by Crippen LogP contribution is 2.28. The summed E-state index contributed by atoms with van der Waals surface area (Å²) in [5, 5.41) is 12.8. The average Bonchev–Trinajstić information content (AvgIpc) is 2.32. The first kappa shape index (κ1) is 12.9. The second-order valence-electron chi connectivity index (χ2n) is 5.93. The number of nitrogens with one attached hydrogen (secondary N) is 1. The van der Waals surface area contributed by atoms with Gasteiger partial charge in [-0.3, -0.25) is 4.79 Å². The molecule has 17 heavy (non-hydrogen) atoms. The fraction of sp³-hybridized carbons (Fsp3) is 0.929. The summed E-state index contributed by atoms with van der Waals surface area (Å²) in [5.41, 5.74) is 0. The van der Waals surface area contributed by atoms with Crippen molar-refractivity contribution in [3.05, 3.63) is 0 Å². The maximum Gasteiger partial charge on any atom is 0.306 e. The third-order valence-electron chi connectivity index (χ3n) is 4.58. The van der Waals surface area contributed by atoms with E-state index in [0.717, 1.165) is 31.6 Å². The zero-order valence-electron chi connectivity index (χ0n) is 10.8. The van der Waals surface area contributed by atoms with Gasteiger partial charge in [0.05, 0.1) is 5.92 Å². The molecule has 3 nitrogen and oxygen atoms in total. The predicted octanol–water partition coefficient (Wildman–Crippen LogP) is 2.80. The highest BCUT2D eigenvalue weighted by atomic mass is 16.4. The Kier molecular flexibility index (Phi) is 4.43. The Labute approximate surface area is 104 Å². The van der Waals surface area contributed by atoms with Gasteiger partial charge in [0.1, 0.15) is 0 Å². The van der Waals surface area contributed by atoms with Crippen LogP contribution in [0.25, 0.3) is 0 Å². The smallest absolute Gasteiger partial charge is 0.306 e. The van der Waals surface area contributed by atoms with Crippen molar-refractivity contribution in [2.75, 3.05) is 0 Å². The van der Waals surface area contributed by atoms with Crippen LogP contribution in [0.4, 0.5) is 0 Å². The quantitative estimate of drug-likeness (QED) is 0.796. The summed E-state index contributed by atoms with van der Waals surface area (Å²) in [4.78, 5) is 11.0. The second-order valence-corrected chi connectivity index (χ2v) is 5.93. The Hall–Kier alpha value is -0.570. The van der Waals surface area contributed by atoms with Crippen LogP contribution < -0.4 is 5.32 Å². The first-order chi connectivity index (χ1) is 8.16. The van der Waals surface area contributed by atoms with Crippen LogP contribution in [0.15, 0.2) is 0 Å². The van der Waals surface area contributed by atoms with Gasteiger partial charge in [-0.25, -0.2) is 0 Å². The summed E-state index contributed by atoms with van der Waals surface area (Å²) < 4.78 is 0. The molecule has 2 rings (SSSR count). The summed E-state index contributed by atoms with van der Waals surface area (Å²) in [6.07, 6.45) is 9.22. The van der Waals surface area contributed by atoms with Crippen molar-refractivity contribution in [3.63, 3.8) is 0 Å². The topological polar surface area (TPSA) is 49.3 Å². The fourth-order valence-electron chi connectivity index (χ4n) is 3.43. The highest BCUT2D eigenvalue weighted by molar-refractivity contribution is 5.70. The lowest BCUT2D eigenvalue weighted by atomic mass is 9.82. The Morgan fingerprint density at radius 2 is 1.88 bits per heavy atom. The summed E-state index contributed by atoms with van der Waals surface area (Å²) in [7, 11) is 0. The van der Waals surface area contributed by atoms with Crippen LogP contribution in [0.3, 0.4) is 0 Å². The highest BCUT2D eigenvalue weighted by Gasteiger charge is 2.30. The lowest BCUT2D eigenvalue weighted by molar-refractivity contribution is -0.143. The van der Waals surface area contributed by atoms with E-state index in [2.05, 4.69) is 12.2 Å². The minimum absolute atomic E-state index is 0.111. The van der Waals surface area contributed by atoms with Crippen LogP contribution in [-0.4, -0.2) is 23.2 Å². The van der Waals surface area contributed by atoms with Gasteiger partial charge in [-0.1, -0.05) is 26.2 Å². The van der Waals surface area contributed by atoms with Crippen LogP contribution in [-0.2, 0) is 4.79 Å². The first-order valence-electron chi connectivity index (χ1n) is 7.15. The van der Waals surface area contributed by atoms with Crippen LogP contribution in [0.5, 0.6) is 0 Å². The van der Waals surface area contributed by atoms with E-state index in [1.54, 1.807) is 0 Å². The number of carbonyl (C=O) groups is 1. The molecule has 0 aliphatic heterocycles. The van der Waals surface area contributed by atoms with E-state index >= 15 is 0 Å². The number of carboxylic acid groups (broad SMARTS) is 1. The van der Waals surface area contributed by atoms with Gasteiger partial charge in [-0.15, -0.1) is 0 Å². The van der Waals surface area contributed by atoms with Crippen molar-refractivity contribution in [2.24, 2.45) is 11.8 Å². The average molecular weight is 239 g/mol. The van der Waals surface area contributed by atoms with Crippen molar-refractivity contribution < 1.29 is 9.90 Å². The van der Waals surface area contributed by atoms with E-state index in [4.69, 9.17) is 5.11 Å². The predicted molar refractivity (Wildman–Crippen MR) is 67.9 cm³/mol. The molecule has 2 aliphatic carbocycles. The Bertz CT molecular complexity index is 267.